The van der Waals surface area contributed by atoms with Crippen LogP contribution in [0.25, 0.3) is 0 Å². The summed E-state index contributed by atoms with van der Waals surface area (Å²) in [4.78, 5) is 22.9. The van der Waals surface area contributed by atoms with Crippen LogP contribution in [-0.4, -0.2) is 35.2 Å². The third-order valence-corrected chi connectivity index (χ3v) is 4.48. The second-order valence-electron chi connectivity index (χ2n) is 6.04. The van der Waals surface area contributed by atoms with E-state index in [9.17, 15) is 9.59 Å². The molecule has 1 heterocycles. The highest BCUT2D eigenvalue weighted by molar-refractivity contribution is 5.82. The Morgan fingerprint density at radius 3 is 2.30 bits per heavy atom. The lowest BCUT2D eigenvalue weighted by molar-refractivity contribution is -0.152. The van der Waals surface area contributed by atoms with Gasteiger partial charge in [0.05, 0.1) is 0 Å². The smallest absolute Gasteiger partial charge is 0.332 e. The number of rotatable bonds is 5. The van der Waals surface area contributed by atoms with Crippen molar-refractivity contribution in [2.75, 3.05) is 0 Å². The van der Waals surface area contributed by atoms with E-state index >= 15 is 0 Å². The molecular formula is C15H25NO4. The third-order valence-electron chi connectivity index (χ3n) is 4.48. The van der Waals surface area contributed by atoms with E-state index in [0.717, 1.165) is 18.8 Å². The van der Waals surface area contributed by atoms with E-state index in [1.807, 2.05) is 0 Å². The van der Waals surface area contributed by atoms with Crippen molar-refractivity contribution < 1.29 is 19.4 Å². The summed E-state index contributed by atoms with van der Waals surface area (Å²) in [5, 5.41) is 11.9. The van der Waals surface area contributed by atoms with Gasteiger partial charge in [0.2, 0.25) is 5.91 Å². The van der Waals surface area contributed by atoms with Crippen LogP contribution < -0.4 is 5.32 Å². The minimum atomic E-state index is -0.972. The van der Waals surface area contributed by atoms with Crippen molar-refractivity contribution in [3.63, 3.8) is 0 Å². The van der Waals surface area contributed by atoms with Gasteiger partial charge in [0.15, 0.2) is 6.10 Å². The van der Waals surface area contributed by atoms with Crippen LogP contribution in [0.5, 0.6) is 0 Å². The van der Waals surface area contributed by atoms with Crippen LogP contribution in [0.4, 0.5) is 0 Å². The van der Waals surface area contributed by atoms with Gasteiger partial charge in [0.1, 0.15) is 6.10 Å². The first-order valence-corrected chi connectivity index (χ1v) is 7.78. The lowest BCUT2D eigenvalue weighted by Gasteiger charge is -2.29. The number of amides is 1. The number of ether oxygens (including phenoxy) is 1. The fourth-order valence-corrected chi connectivity index (χ4v) is 3.31. The molecule has 0 radical (unpaired) electrons. The van der Waals surface area contributed by atoms with Crippen molar-refractivity contribution in [3.05, 3.63) is 0 Å². The molecule has 1 amide bonds. The average Bonchev–Trinajstić information content (AvgIpc) is 2.91. The van der Waals surface area contributed by atoms with Gasteiger partial charge in [-0.1, -0.05) is 19.8 Å². The summed E-state index contributed by atoms with van der Waals surface area (Å²) in [5.74, 6) is -0.291. The molecule has 2 fully saturated rings. The summed E-state index contributed by atoms with van der Waals surface area (Å²) in [6.07, 6.45) is 6.49. The van der Waals surface area contributed by atoms with Crippen molar-refractivity contribution in [1.82, 2.24) is 5.32 Å². The lowest BCUT2D eigenvalue weighted by Crippen LogP contribution is -2.43. The van der Waals surface area contributed by atoms with Crippen LogP contribution in [-0.2, 0) is 14.3 Å². The van der Waals surface area contributed by atoms with Crippen molar-refractivity contribution in [1.29, 1.82) is 0 Å². The van der Waals surface area contributed by atoms with Crippen LogP contribution in [0.2, 0.25) is 0 Å². The van der Waals surface area contributed by atoms with Crippen LogP contribution >= 0.6 is 0 Å². The van der Waals surface area contributed by atoms with E-state index < -0.39 is 18.2 Å². The number of carboxylic acid groups (broad SMARTS) is 1. The van der Waals surface area contributed by atoms with Gasteiger partial charge in [-0.2, -0.15) is 0 Å². The SMILES string of the molecule is CCCC1CCC(NC(=O)[C@@H]2CC[C@H](C(=O)O)O2)CC1. The molecule has 1 aliphatic carbocycles. The number of carbonyl (C=O) groups is 2. The lowest BCUT2D eigenvalue weighted by atomic mass is 9.83. The van der Waals surface area contributed by atoms with Crippen molar-refractivity contribution in [2.24, 2.45) is 5.92 Å². The molecule has 2 rings (SSSR count). The number of nitrogens with one attached hydrogen (secondary N) is 1. The van der Waals surface area contributed by atoms with Gasteiger partial charge >= 0.3 is 5.97 Å². The maximum atomic E-state index is 12.1. The predicted molar refractivity (Wildman–Crippen MR) is 74.3 cm³/mol. The first-order chi connectivity index (χ1) is 9.60. The van der Waals surface area contributed by atoms with E-state index in [-0.39, 0.29) is 11.9 Å². The van der Waals surface area contributed by atoms with Crippen molar-refractivity contribution in [3.8, 4) is 0 Å². The Kier molecular flexibility index (Phi) is 5.40. The van der Waals surface area contributed by atoms with E-state index in [0.29, 0.717) is 12.8 Å². The second-order valence-corrected chi connectivity index (χ2v) is 6.04. The molecule has 2 aliphatic rings. The molecule has 0 aromatic carbocycles. The standard InChI is InChI=1S/C15H25NO4/c1-2-3-10-4-6-11(7-5-10)16-14(17)12-8-9-13(20-12)15(18)19/h10-13H,2-9H2,1H3,(H,16,17)(H,18,19)/t10?,11?,12-,13+/m0/s1. The maximum absolute atomic E-state index is 12.1. The number of carboxylic acids is 1. The predicted octanol–water partition coefficient (Wildman–Crippen LogP) is 2.09. The quantitative estimate of drug-likeness (QED) is 0.810. The van der Waals surface area contributed by atoms with E-state index in [4.69, 9.17) is 9.84 Å². The Labute approximate surface area is 120 Å². The van der Waals surface area contributed by atoms with E-state index in [1.165, 1.54) is 25.7 Å². The minimum Gasteiger partial charge on any atom is -0.479 e. The Morgan fingerprint density at radius 1 is 1.10 bits per heavy atom. The summed E-state index contributed by atoms with van der Waals surface area (Å²) in [6, 6.07) is 0.239. The normalized spacial score (nSPS) is 33.9. The van der Waals surface area contributed by atoms with Crippen LogP contribution in [0.1, 0.15) is 58.3 Å². The Bertz CT molecular complexity index is 350. The van der Waals surface area contributed by atoms with Crippen molar-refractivity contribution >= 4 is 11.9 Å². The minimum absolute atomic E-state index is 0.132. The molecule has 1 saturated heterocycles. The van der Waals surface area contributed by atoms with Crippen molar-refractivity contribution in [2.45, 2.75) is 76.5 Å². The van der Waals surface area contributed by atoms with Gasteiger partial charge in [0.25, 0.3) is 0 Å². The molecule has 114 valence electrons. The molecule has 0 bridgehead atoms. The molecule has 20 heavy (non-hydrogen) atoms. The Hall–Kier alpha value is -1.10. The highest BCUT2D eigenvalue weighted by atomic mass is 16.5. The molecule has 5 heteroatoms. The highest BCUT2D eigenvalue weighted by Gasteiger charge is 2.35. The van der Waals surface area contributed by atoms with Gasteiger partial charge < -0.3 is 15.2 Å². The highest BCUT2D eigenvalue weighted by Crippen LogP contribution is 2.28. The molecular weight excluding hydrogens is 258 g/mol. The fourth-order valence-electron chi connectivity index (χ4n) is 3.31. The van der Waals surface area contributed by atoms with Crippen LogP contribution in [0.15, 0.2) is 0 Å². The number of aliphatic carboxylic acids is 1. The molecule has 0 aromatic heterocycles. The van der Waals surface area contributed by atoms with Gasteiger partial charge in [-0.25, -0.2) is 4.79 Å². The largest absolute Gasteiger partial charge is 0.479 e. The van der Waals surface area contributed by atoms with Gasteiger partial charge in [-0.15, -0.1) is 0 Å². The summed E-state index contributed by atoms with van der Waals surface area (Å²) >= 11 is 0. The molecule has 2 N–H and O–H groups in total. The Morgan fingerprint density at radius 2 is 1.75 bits per heavy atom. The van der Waals surface area contributed by atoms with E-state index in [1.54, 1.807) is 0 Å². The molecule has 5 nitrogen and oxygen atoms in total. The van der Waals surface area contributed by atoms with E-state index in [2.05, 4.69) is 12.2 Å². The van der Waals surface area contributed by atoms with Gasteiger partial charge in [-0.3, -0.25) is 4.79 Å². The molecule has 1 aliphatic heterocycles. The maximum Gasteiger partial charge on any atom is 0.332 e. The molecule has 2 atom stereocenters. The first kappa shape index (κ1) is 15.3. The first-order valence-electron chi connectivity index (χ1n) is 7.78. The molecule has 0 unspecified atom stereocenters. The van der Waals surface area contributed by atoms with Gasteiger partial charge in [0, 0.05) is 6.04 Å². The molecule has 0 aromatic rings. The zero-order valence-corrected chi connectivity index (χ0v) is 12.1. The summed E-state index contributed by atoms with van der Waals surface area (Å²) in [7, 11) is 0. The zero-order valence-electron chi connectivity index (χ0n) is 12.1. The Balaban J connectivity index is 1.72. The summed E-state index contributed by atoms with van der Waals surface area (Å²) < 4.78 is 5.27. The molecule has 0 spiro atoms. The average molecular weight is 283 g/mol. The number of carbonyl (C=O) groups excluding carboxylic acids is 1. The van der Waals surface area contributed by atoms with Crippen LogP contribution in [0, 0.1) is 5.92 Å². The van der Waals surface area contributed by atoms with Crippen LogP contribution in [0.3, 0.4) is 0 Å². The summed E-state index contributed by atoms with van der Waals surface area (Å²) in [5.41, 5.74) is 0. The second kappa shape index (κ2) is 7.07. The molecule has 1 saturated carbocycles. The zero-order chi connectivity index (χ0) is 14.5. The number of hydrogen-bond donors (Lipinski definition) is 2. The third kappa shape index (κ3) is 3.95. The topological polar surface area (TPSA) is 75.6 Å². The number of hydrogen-bond acceptors (Lipinski definition) is 3. The van der Waals surface area contributed by atoms with Gasteiger partial charge in [-0.05, 0) is 44.4 Å². The monoisotopic (exact) mass is 283 g/mol. The fraction of sp³-hybridized carbons (Fsp3) is 0.867. The summed E-state index contributed by atoms with van der Waals surface area (Å²) in [6.45, 7) is 2.21.